The molecule has 0 radical (unpaired) electrons. The highest BCUT2D eigenvalue weighted by Crippen LogP contribution is 2.64. The Bertz CT molecular complexity index is 3090. The van der Waals surface area contributed by atoms with Crippen LogP contribution in [0.25, 0.3) is 55.8 Å². The lowest BCUT2D eigenvalue weighted by atomic mass is 9.78. The van der Waals surface area contributed by atoms with E-state index in [1.54, 1.807) is 0 Å². The Morgan fingerprint density at radius 2 is 1.17 bits per heavy atom. The standard InChI is InChI=1S/C56H40N2/c1-33-39-17-7-8-18-40(39)43-25-24-37(28-45(33)43)54-22-12-21-53(34-13-5-4-6-14-34)57-55(58-54)38-16-11-15-35(27-38)36-23-26-44-50-31-48-47-30-46(47)41-19-9-10-20-42(41)49(48)32-52(50)56(2,3)51(44)29-36/h4-20,23-29,31-32,46-47H,1,21,30H2,2-3H3. The molecule has 7 aromatic carbocycles. The first-order chi connectivity index (χ1) is 28.4. The molecule has 1 fully saturated rings. The van der Waals surface area contributed by atoms with Crippen molar-refractivity contribution in [1.82, 2.24) is 0 Å². The Hall–Kier alpha value is -6.86. The lowest BCUT2D eigenvalue weighted by molar-refractivity contribution is 0.660. The summed E-state index contributed by atoms with van der Waals surface area (Å²) >= 11 is 0. The molecule has 0 aromatic heterocycles. The summed E-state index contributed by atoms with van der Waals surface area (Å²) in [4.78, 5) is 10.7. The number of benzene rings is 7. The van der Waals surface area contributed by atoms with Crippen molar-refractivity contribution in [2.24, 2.45) is 9.98 Å². The molecule has 4 aliphatic carbocycles. The second-order valence-electron chi connectivity index (χ2n) is 17.0. The quantitative estimate of drug-likeness (QED) is 0.161. The molecule has 0 bridgehead atoms. The third-order valence-electron chi connectivity index (χ3n) is 13.4. The smallest absolute Gasteiger partial charge is 0.160 e. The molecule has 2 heteroatoms. The number of aliphatic imine (C=N–C) groups is 2. The SMILES string of the molecule is C=C1c2ccccc2-c2ccc(C3=C=CCC(c4ccccc4)=NC(c4cccc(-c5ccc6c(c5)C(C)(C)c5cc7c(cc5-6)C5CC5c5ccccc5-7)c4)=N3)cc21. The molecular weight excluding hydrogens is 701 g/mol. The zero-order chi connectivity index (χ0) is 38.7. The topological polar surface area (TPSA) is 24.7 Å². The summed E-state index contributed by atoms with van der Waals surface area (Å²) in [6.07, 6.45) is 3.98. The van der Waals surface area contributed by atoms with Gasteiger partial charge in [0.05, 0.1) is 5.71 Å². The molecule has 5 aliphatic rings. The molecule has 274 valence electrons. The van der Waals surface area contributed by atoms with E-state index in [1.165, 1.54) is 73.2 Å². The summed E-state index contributed by atoms with van der Waals surface area (Å²) in [6, 6.07) is 55.6. The maximum Gasteiger partial charge on any atom is 0.160 e. The van der Waals surface area contributed by atoms with Gasteiger partial charge in [-0.2, -0.15) is 0 Å². The summed E-state index contributed by atoms with van der Waals surface area (Å²) in [6.45, 7) is 9.28. The first-order valence-electron chi connectivity index (χ1n) is 20.5. The summed E-state index contributed by atoms with van der Waals surface area (Å²) in [5.41, 5.74) is 27.9. The molecule has 0 saturated heterocycles. The molecule has 0 N–H and O–H groups in total. The van der Waals surface area contributed by atoms with Crippen LogP contribution in [0, 0.1) is 0 Å². The van der Waals surface area contributed by atoms with E-state index < -0.39 is 0 Å². The summed E-state index contributed by atoms with van der Waals surface area (Å²) < 4.78 is 0. The molecule has 1 aliphatic heterocycles. The van der Waals surface area contributed by atoms with Crippen molar-refractivity contribution in [3.63, 3.8) is 0 Å². The zero-order valence-electron chi connectivity index (χ0n) is 32.7. The molecule has 2 nitrogen and oxygen atoms in total. The molecule has 0 spiro atoms. The van der Waals surface area contributed by atoms with E-state index in [-0.39, 0.29) is 5.41 Å². The van der Waals surface area contributed by atoms with E-state index in [0.717, 1.165) is 44.8 Å². The minimum atomic E-state index is -0.129. The van der Waals surface area contributed by atoms with Crippen LogP contribution in [0.3, 0.4) is 0 Å². The van der Waals surface area contributed by atoms with E-state index in [2.05, 4.69) is 178 Å². The van der Waals surface area contributed by atoms with Crippen molar-refractivity contribution < 1.29 is 0 Å². The fourth-order valence-electron chi connectivity index (χ4n) is 10.3. The van der Waals surface area contributed by atoms with E-state index in [4.69, 9.17) is 9.98 Å². The average Bonchev–Trinajstić information content (AvgIpc) is 3.98. The fraction of sp³-hybridized carbons (Fsp3) is 0.125. The third kappa shape index (κ3) is 4.99. The Balaban J connectivity index is 0.943. The van der Waals surface area contributed by atoms with Gasteiger partial charge in [0.1, 0.15) is 5.70 Å². The van der Waals surface area contributed by atoms with Gasteiger partial charge in [-0.05, 0) is 144 Å². The highest BCUT2D eigenvalue weighted by Gasteiger charge is 2.47. The molecule has 12 rings (SSSR count). The molecule has 58 heavy (non-hydrogen) atoms. The lowest BCUT2D eigenvalue weighted by Crippen LogP contribution is -2.15. The van der Waals surface area contributed by atoms with Gasteiger partial charge in [0, 0.05) is 23.0 Å². The van der Waals surface area contributed by atoms with Gasteiger partial charge < -0.3 is 0 Å². The average molecular weight is 741 g/mol. The minimum absolute atomic E-state index is 0.129. The molecule has 2 unspecified atom stereocenters. The van der Waals surface area contributed by atoms with Crippen molar-refractivity contribution in [3.05, 3.63) is 220 Å². The maximum absolute atomic E-state index is 5.33. The van der Waals surface area contributed by atoms with Crippen molar-refractivity contribution >= 4 is 22.8 Å². The van der Waals surface area contributed by atoms with Gasteiger partial charge in [-0.1, -0.05) is 147 Å². The lowest BCUT2D eigenvalue weighted by Gasteiger charge is -2.25. The largest absolute Gasteiger partial charge is 0.232 e. The predicted octanol–water partition coefficient (Wildman–Crippen LogP) is 13.8. The molecule has 2 atom stereocenters. The van der Waals surface area contributed by atoms with Crippen LogP contribution in [-0.4, -0.2) is 11.5 Å². The second kappa shape index (κ2) is 12.3. The highest BCUT2D eigenvalue weighted by atomic mass is 14.9. The number of amidine groups is 1. The molecular formula is C56H40N2. The number of hydrogen-bond donors (Lipinski definition) is 0. The van der Waals surface area contributed by atoms with Gasteiger partial charge in [-0.3, -0.25) is 0 Å². The number of hydrogen-bond acceptors (Lipinski definition) is 2. The van der Waals surface area contributed by atoms with Crippen LogP contribution in [0.4, 0.5) is 0 Å². The van der Waals surface area contributed by atoms with Crippen molar-refractivity contribution in [2.45, 2.75) is 43.9 Å². The predicted molar refractivity (Wildman–Crippen MR) is 241 cm³/mol. The number of fused-ring (bicyclic) bond motifs is 12. The summed E-state index contributed by atoms with van der Waals surface area (Å²) in [5, 5.41) is 0. The van der Waals surface area contributed by atoms with Crippen LogP contribution in [0.5, 0.6) is 0 Å². The van der Waals surface area contributed by atoms with Crippen LogP contribution in [-0.2, 0) is 5.41 Å². The Morgan fingerprint density at radius 3 is 2.05 bits per heavy atom. The maximum atomic E-state index is 5.33. The fourth-order valence-corrected chi connectivity index (χ4v) is 10.3. The highest BCUT2D eigenvalue weighted by molar-refractivity contribution is 6.14. The number of allylic oxidation sites excluding steroid dienone is 1. The van der Waals surface area contributed by atoms with Gasteiger partial charge in [0.2, 0.25) is 0 Å². The van der Waals surface area contributed by atoms with Crippen LogP contribution in [0.2, 0.25) is 0 Å². The van der Waals surface area contributed by atoms with E-state index >= 15 is 0 Å². The van der Waals surface area contributed by atoms with Gasteiger partial charge in [0.15, 0.2) is 5.84 Å². The Kier molecular flexibility index (Phi) is 7.07. The van der Waals surface area contributed by atoms with E-state index in [1.807, 2.05) is 6.07 Å². The van der Waals surface area contributed by atoms with Gasteiger partial charge in [-0.25, -0.2) is 9.98 Å². The van der Waals surface area contributed by atoms with E-state index in [0.29, 0.717) is 24.1 Å². The van der Waals surface area contributed by atoms with Crippen molar-refractivity contribution in [1.29, 1.82) is 0 Å². The summed E-state index contributed by atoms with van der Waals surface area (Å²) in [5.74, 6) is 2.00. The van der Waals surface area contributed by atoms with Crippen LogP contribution in [0.15, 0.2) is 180 Å². The van der Waals surface area contributed by atoms with Gasteiger partial charge in [0.25, 0.3) is 0 Å². The number of rotatable bonds is 4. The van der Waals surface area contributed by atoms with Gasteiger partial charge >= 0.3 is 0 Å². The number of nitrogens with zero attached hydrogens (tertiary/aromatic N) is 2. The third-order valence-corrected chi connectivity index (χ3v) is 13.4. The monoisotopic (exact) mass is 740 g/mol. The Morgan fingerprint density at radius 1 is 0.500 bits per heavy atom. The van der Waals surface area contributed by atoms with Crippen molar-refractivity contribution in [3.8, 4) is 44.5 Å². The molecule has 7 aromatic rings. The van der Waals surface area contributed by atoms with Crippen LogP contribution >= 0.6 is 0 Å². The molecule has 1 heterocycles. The van der Waals surface area contributed by atoms with E-state index in [9.17, 15) is 0 Å². The molecule has 0 amide bonds. The summed E-state index contributed by atoms with van der Waals surface area (Å²) in [7, 11) is 0. The normalized spacial score (nSPS) is 18.5. The Labute approximate surface area is 340 Å². The second-order valence-corrected chi connectivity index (χ2v) is 17.0. The van der Waals surface area contributed by atoms with Crippen LogP contribution in [0.1, 0.15) is 88.6 Å². The first kappa shape index (κ1) is 33.3. The first-order valence-corrected chi connectivity index (χ1v) is 20.5. The molecule has 1 saturated carbocycles. The van der Waals surface area contributed by atoms with Crippen LogP contribution < -0.4 is 0 Å². The minimum Gasteiger partial charge on any atom is -0.232 e. The zero-order valence-corrected chi connectivity index (χ0v) is 32.7. The van der Waals surface area contributed by atoms with Gasteiger partial charge in [-0.15, -0.1) is 0 Å². The van der Waals surface area contributed by atoms with Crippen molar-refractivity contribution in [2.75, 3.05) is 0 Å².